The van der Waals surface area contributed by atoms with Gasteiger partial charge in [-0.1, -0.05) is 6.07 Å². The number of phenolic OH excluding ortho intramolecular Hbond substituents is 2. The molecule has 0 spiro atoms. The number of aromatic nitrogens is 3. The van der Waals surface area contributed by atoms with Gasteiger partial charge in [-0.05, 0) is 25.1 Å². The lowest BCUT2D eigenvalue weighted by Crippen LogP contribution is -1.93. The van der Waals surface area contributed by atoms with Crippen LogP contribution in [0.3, 0.4) is 0 Å². The van der Waals surface area contributed by atoms with Crippen LogP contribution in [0.1, 0.15) is 6.92 Å². The van der Waals surface area contributed by atoms with Gasteiger partial charge in [-0.3, -0.25) is 0 Å². The fourth-order valence-electron chi connectivity index (χ4n) is 1.95. The zero-order chi connectivity index (χ0) is 14.1. The van der Waals surface area contributed by atoms with Gasteiger partial charge >= 0.3 is 0 Å². The van der Waals surface area contributed by atoms with Gasteiger partial charge in [0.1, 0.15) is 5.82 Å². The number of ether oxygens (including phenoxy) is 1. The summed E-state index contributed by atoms with van der Waals surface area (Å²) in [5, 5.41) is 19.4. The van der Waals surface area contributed by atoms with E-state index in [1.165, 1.54) is 6.07 Å². The molecular weight excluding hydrogens is 258 g/mol. The number of phenols is 2. The molecule has 2 heterocycles. The maximum atomic E-state index is 9.86. The minimum Gasteiger partial charge on any atom is -0.504 e. The molecule has 6 heteroatoms. The zero-order valence-electron chi connectivity index (χ0n) is 10.8. The Morgan fingerprint density at radius 1 is 1.15 bits per heavy atom. The van der Waals surface area contributed by atoms with Crippen LogP contribution in [0.4, 0.5) is 0 Å². The molecule has 6 nitrogen and oxygen atoms in total. The third-order valence-corrected chi connectivity index (χ3v) is 2.88. The molecule has 1 aromatic carbocycles. The molecular formula is C14H13N3O3. The molecule has 0 amide bonds. The van der Waals surface area contributed by atoms with E-state index in [0.29, 0.717) is 29.5 Å². The number of aromatic hydroxyl groups is 2. The molecule has 0 unspecified atom stereocenters. The Kier molecular flexibility index (Phi) is 2.90. The Hall–Kier alpha value is -2.76. The van der Waals surface area contributed by atoms with E-state index in [-0.39, 0.29) is 11.5 Å². The van der Waals surface area contributed by atoms with Crippen LogP contribution in [0.5, 0.6) is 17.4 Å². The van der Waals surface area contributed by atoms with E-state index in [2.05, 4.69) is 15.0 Å². The molecule has 0 bridgehead atoms. The summed E-state index contributed by atoms with van der Waals surface area (Å²) in [6.07, 6.45) is 0. The Bertz CT molecular complexity index is 767. The maximum Gasteiger partial charge on any atom is 0.215 e. The summed E-state index contributed by atoms with van der Waals surface area (Å²) in [5.74, 6) is 0.537. The molecule has 0 radical (unpaired) electrons. The highest BCUT2D eigenvalue weighted by atomic mass is 16.5. The molecule has 0 saturated carbocycles. The van der Waals surface area contributed by atoms with Gasteiger partial charge in [0.15, 0.2) is 17.1 Å². The third-order valence-electron chi connectivity index (χ3n) is 2.88. The summed E-state index contributed by atoms with van der Waals surface area (Å²) >= 11 is 0. The second kappa shape index (κ2) is 4.73. The fourth-order valence-corrected chi connectivity index (χ4v) is 1.95. The van der Waals surface area contributed by atoms with Crippen LogP contribution in [0.25, 0.3) is 22.6 Å². The van der Waals surface area contributed by atoms with E-state index in [1.807, 2.05) is 13.0 Å². The van der Waals surface area contributed by atoms with Crippen molar-refractivity contribution in [1.82, 2.24) is 15.0 Å². The van der Waals surface area contributed by atoms with Crippen molar-refractivity contribution < 1.29 is 14.9 Å². The highest BCUT2D eigenvalue weighted by molar-refractivity contribution is 5.78. The van der Waals surface area contributed by atoms with Crippen molar-refractivity contribution >= 4 is 11.2 Å². The lowest BCUT2D eigenvalue weighted by Gasteiger charge is -2.02. The normalized spacial score (nSPS) is 10.8. The number of fused-ring (bicyclic) bond motifs is 1. The summed E-state index contributed by atoms with van der Waals surface area (Å²) in [7, 11) is 0. The van der Waals surface area contributed by atoms with Gasteiger partial charge in [-0.15, -0.1) is 0 Å². The summed E-state index contributed by atoms with van der Waals surface area (Å²) in [5.41, 5.74) is 1.64. The number of hydrogen-bond donors (Lipinski definition) is 3. The van der Waals surface area contributed by atoms with E-state index in [0.717, 1.165) is 5.52 Å². The number of pyridine rings is 1. The first-order chi connectivity index (χ1) is 9.69. The van der Waals surface area contributed by atoms with Crippen LogP contribution < -0.4 is 4.74 Å². The van der Waals surface area contributed by atoms with E-state index < -0.39 is 0 Å². The molecule has 3 aromatic rings. The summed E-state index contributed by atoms with van der Waals surface area (Å²) in [6.45, 7) is 2.41. The van der Waals surface area contributed by atoms with Crippen molar-refractivity contribution in [1.29, 1.82) is 0 Å². The molecule has 0 aliphatic heterocycles. The van der Waals surface area contributed by atoms with Crippen LogP contribution in [-0.2, 0) is 0 Å². The topological polar surface area (TPSA) is 91.3 Å². The highest BCUT2D eigenvalue weighted by Gasteiger charge is 2.13. The number of rotatable bonds is 3. The SMILES string of the molecule is CCOc1ccc2[nH]c(-c3cccc(O)c3O)nc2n1. The number of aromatic amines is 1. The quantitative estimate of drug-likeness (QED) is 0.636. The fraction of sp³-hybridized carbons (Fsp3) is 0.143. The molecule has 102 valence electrons. The van der Waals surface area contributed by atoms with Crippen LogP contribution in [0, 0.1) is 0 Å². The molecule has 0 atom stereocenters. The van der Waals surface area contributed by atoms with Gasteiger partial charge in [0.05, 0.1) is 17.7 Å². The van der Waals surface area contributed by atoms with Crippen molar-refractivity contribution in [3.8, 4) is 28.8 Å². The van der Waals surface area contributed by atoms with Crippen molar-refractivity contribution in [2.75, 3.05) is 6.61 Å². The van der Waals surface area contributed by atoms with Gasteiger partial charge in [-0.25, -0.2) is 4.98 Å². The Morgan fingerprint density at radius 2 is 2.00 bits per heavy atom. The number of hydrogen-bond acceptors (Lipinski definition) is 5. The van der Waals surface area contributed by atoms with Crippen molar-refractivity contribution in [2.24, 2.45) is 0 Å². The molecule has 3 N–H and O–H groups in total. The number of imidazole rings is 1. The minimum absolute atomic E-state index is 0.189. The van der Waals surface area contributed by atoms with E-state index in [1.54, 1.807) is 18.2 Å². The van der Waals surface area contributed by atoms with Crippen molar-refractivity contribution in [3.05, 3.63) is 30.3 Å². The first-order valence-corrected chi connectivity index (χ1v) is 6.20. The molecule has 3 rings (SSSR count). The van der Waals surface area contributed by atoms with Crippen molar-refractivity contribution in [2.45, 2.75) is 6.92 Å². The second-order valence-corrected chi connectivity index (χ2v) is 4.21. The number of nitrogens with zero attached hydrogens (tertiary/aromatic N) is 2. The van der Waals surface area contributed by atoms with Crippen LogP contribution in [0.2, 0.25) is 0 Å². The minimum atomic E-state index is -0.211. The predicted octanol–water partition coefficient (Wildman–Crippen LogP) is 2.43. The van der Waals surface area contributed by atoms with Gasteiger partial charge in [-0.2, -0.15) is 4.98 Å². The van der Waals surface area contributed by atoms with E-state index >= 15 is 0 Å². The van der Waals surface area contributed by atoms with Gasteiger partial charge in [0.25, 0.3) is 0 Å². The maximum absolute atomic E-state index is 9.86. The number of para-hydroxylation sites is 1. The molecule has 2 aromatic heterocycles. The summed E-state index contributed by atoms with van der Waals surface area (Å²) in [6, 6.07) is 8.26. The van der Waals surface area contributed by atoms with Crippen LogP contribution in [-0.4, -0.2) is 31.8 Å². The zero-order valence-corrected chi connectivity index (χ0v) is 10.8. The number of H-pyrrole nitrogens is 1. The predicted molar refractivity (Wildman–Crippen MR) is 73.8 cm³/mol. The smallest absolute Gasteiger partial charge is 0.215 e. The lowest BCUT2D eigenvalue weighted by molar-refractivity contribution is 0.328. The highest BCUT2D eigenvalue weighted by Crippen LogP contribution is 2.35. The number of nitrogens with one attached hydrogen (secondary N) is 1. The first-order valence-electron chi connectivity index (χ1n) is 6.20. The number of benzene rings is 1. The Morgan fingerprint density at radius 3 is 2.80 bits per heavy atom. The molecule has 20 heavy (non-hydrogen) atoms. The largest absolute Gasteiger partial charge is 0.504 e. The molecule has 0 saturated heterocycles. The van der Waals surface area contributed by atoms with E-state index in [4.69, 9.17) is 4.74 Å². The van der Waals surface area contributed by atoms with E-state index in [9.17, 15) is 10.2 Å². The lowest BCUT2D eigenvalue weighted by atomic mass is 10.2. The standard InChI is InChI=1S/C14H13N3O3/c1-2-20-11-7-6-9-14(16-11)17-13(15-9)8-4-3-5-10(18)12(8)19/h3-7,18-19H,2H2,1H3,(H,15,16,17). The Balaban J connectivity index is 2.10. The average molecular weight is 271 g/mol. The average Bonchev–Trinajstić information content (AvgIpc) is 2.85. The molecule has 0 fully saturated rings. The van der Waals surface area contributed by atoms with Gasteiger partial charge < -0.3 is 19.9 Å². The molecule has 0 aliphatic rings. The first kappa shape index (κ1) is 12.3. The van der Waals surface area contributed by atoms with Crippen LogP contribution >= 0.6 is 0 Å². The second-order valence-electron chi connectivity index (χ2n) is 4.21. The monoisotopic (exact) mass is 271 g/mol. The summed E-state index contributed by atoms with van der Waals surface area (Å²) in [4.78, 5) is 11.6. The molecule has 0 aliphatic carbocycles. The summed E-state index contributed by atoms with van der Waals surface area (Å²) < 4.78 is 5.32. The Labute approximate surface area is 114 Å². The third kappa shape index (κ3) is 2.01. The van der Waals surface area contributed by atoms with Gasteiger partial charge in [0.2, 0.25) is 5.88 Å². The van der Waals surface area contributed by atoms with Gasteiger partial charge in [0, 0.05) is 6.07 Å². The van der Waals surface area contributed by atoms with Crippen molar-refractivity contribution in [3.63, 3.8) is 0 Å². The van der Waals surface area contributed by atoms with Crippen LogP contribution in [0.15, 0.2) is 30.3 Å².